The maximum absolute atomic E-state index is 3.36. The van der Waals surface area contributed by atoms with Gasteiger partial charge in [-0.3, -0.25) is 0 Å². The molecule has 1 aromatic rings. The van der Waals surface area contributed by atoms with Gasteiger partial charge in [0.1, 0.15) is 0 Å². The fourth-order valence-corrected chi connectivity index (χ4v) is 2.08. The van der Waals surface area contributed by atoms with Crippen LogP contribution in [0.15, 0.2) is 30.3 Å². The summed E-state index contributed by atoms with van der Waals surface area (Å²) in [6.45, 7) is 6.75. The summed E-state index contributed by atoms with van der Waals surface area (Å²) in [6, 6.07) is 8.76. The van der Waals surface area contributed by atoms with E-state index in [4.69, 9.17) is 0 Å². The fourth-order valence-electron chi connectivity index (χ4n) is 2.08. The van der Waals surface area contributed by atoms with Crippen LogP contribution in [0.2, 0.25) is 0 Å². The molecule has 1 heteroatoms. The van der Waals surface area contributed by atoms with Gasteiger partial charge in [0.2, 0.25) is 0 Å². The van der Waals surface area contributed by atoms with Crippen molar-refractivity contribution in [1.29, 1.82) is 0 Å². The van der Waals surface area contributed by atoms with Gasteiger partial charge >= 0.3 is 0 Å². The van der Waals surface area contributed by atoms with Crippen molar-refractivity contribution in [2.45, 2.75) is 46.5 Å². The van der Waals surface area contributed by atoms with Gasteiger partial charge in [0, 0.05) is 18.3 Å². The second-order valence-corrected chi connectivity index (χ2v) is 4.98. The van der Waals surface area contributed by atoms with E-state index in [2.05, 4.69) is 56.4 Å². The molecule has 0 saturated carbocycles. The minimum atomic E-state index is 0.617. The highest BCUT2D eigenvalue weighted by Gasteiger charge is 2.07. The summed E-state index contributed by atoms with van der Waals surface area (Å²) in [5, 5.41) is 3.36. The van der Waals surface area contributed by atoms with Crippen LogP contribution in [-0.4, -0.2) is 7.05 Å². The molecule has 1 rings (SSSR count). The van der Waals surface area contributed by atoms with Gasteiger partial charge in [0.05, 0.1) is 0 Å². The quantitative estimate of drug-likeness (QED) is 0.738. The van der Waals surface area contributed by atoms with E-state index in [1.165, 1.54) is 42.5 Å². The number of aryl methyl sites for hydroxylation is 1. The van der Waals surface area contributed by atoms with E-state index in [9.17, 15) is 0 Å². The Bertz CT molecular complexity index is 379. The average Bonchev–Trinajstić information content (AvgIpc) is 2.42. The maximum atomic E-state index is 3.36. The van der Waals surface area contributed by atoms with E-state index in [1.807, 2.05) is 7.05 Å². The first-order chi connectivity index (χ1) is 8.72. The highest BCUT2D eigenvalue weighted by molar-refractivity contribution is 5.66. The van der Waals surface area contributed by atoms with Gasteiger partial charge in [0.25, 0.3) is 0 Å². The lowest BCUT2D eigenvalue weighted by molar-refractivity contribution is 0.696. The number of benzene rings is 1. The van der Waals surface area contributed by atoms with Crippen molar-refractivity contribution >= 4 is 5.70 Å². The minimum Gasteiger partial charge on any atom is -0.388 e. The summed E-state index contributed by atoms with van der Waals surface area (Å²) in [6.07, 6.45) is 7.22. The third-order valence-corrected chi connectivity index (χ3v) is 3.47. The van der Waals surface area contributed by atoms with E-state index in [-0.39, 0.29) is 0 Å². The molecule has 0 heterocycles. The summed E-state index contributed by atoms with van der Waals surface area (Å²) < 4.78 is 0. The van der Waals surface area contributed by atoms with Crippen molar-refractivity contribution < 1.29 is 0 Å². The zero-order chi connectivity index (χ0) is 13.4. The Hall–Kier alpha value is -1.24. The molecule has 0 bridgehead atoms. The summed E-state index contributed by atoms with van der Waals surface area (Å²) in [7, 11) is 2.02. The Labute approximate surface area is 112 Å². The maximum Gasteiger partial charge on any atom is 0.0376 e. The van der Waals surface area contributed by atoms with Crippen molar-refractivity contribution in [3.05, 3.63) is 41.5 Å². The monoisotopic (exact) mass is 245 g/mol. The van der Waals surface area contributed by atoms with Gasteiger partial charge in [-0.05, 0) is 24.3 Å². The topological polar surface area (TPSA) is 12.0 Å². The van der Waals surface area contributed by atoms with E-state index in [1.54, 1.807) is 0 Å². The predicted molar refractivity (Wildman–Crippen MR) is 81.5 cm³/mol. The Morgan fingerprint density at radius 2 is 2.00 bits per heavy atom. The van der Waals surface area contributed by atoms with Crippen LogP contribution in [-0.2, 0) is 6.42 Å². The molecule has 100 valence electrons. The largest absolute Gasteiger partial charge is 0.388 e. The van der Waals surface area contributed by atoms with Crippen molar-refractivity contribution in [3.8, 4) is 0 Å². The SMILES string of the molecule is CCCCc1ccccc1/C(=C/C(C)CC)NC. The lowest BCUT2D eigenvalue weighted by Crippen LogP contribution is -2.09. The van der Waals surface area contributed by atoms with E-state index in [0.717, 1.165) is 0 Å². The van der Waals surface area contributed by atoms with Crippen molar-refractivity contribution in [1.82, 2.24) is 5.32 Å². The summed E-state index contributed by atoms with van der Waals surface area (Å²) >= 11 is 0. The van der Waals surface area contributed by atoms with Crippen molar-refractivity contribution in [2.75, 3.05) is 7.05 Å². The standard InChI is InChI=1S/C17H27N/c1-5-7-10-15-11-8-9-12-16(15)17(18-4)13-14(3)6-2/h8-9,11-14,18H,5-7,10H2,1-4H3/b17-13-. The summed E-state index contributed by atoms with van der Waals surface area (Å²) in [5.74, 6) is 0.617. The Morgan fingerprint density at radius 1 is 1.28 bits per heavy atom. The molecule has 1 nitrogen and oxygen atoms in total. The number of nitrogens with one attached hydrogen (secondary N) is 1. The van der Waals surface area contributed by atoms with E-state index < -0.39 is 0 Å². The normalized spacial score (nSPS) is 13.4. The van der Waals surface area contributed by atoms with Crippen LogP contribution in [0.5, 0.6) is 0 Å². The molecule has 1 aromatic carbocycles. The van der Waals surface area contributed by atoms with Crippen LogP contribution < -0.4 is 5.32 Å². The Morgan fingerprint density at radius 3 is 2.61 bits per heavy atom. The Kier molecular flexibility index (Phi) is 6.56. The number of allylic oxidation sites excluding steroid dienone is 1. The molecule has 0 aromatic heterocycles. The van der Waals surface area contributed by atoms with Crippen LogP contribution in [0, 0.1) is 5.92 Å². The zero-order valence-electron chi connectivity index (χ0n) is 12.3. The molecular weight excluding hydrogens is 218 g/mol. The van der Waals surface area contributed by atoms with Crippen LogP contribution in [0.25, 0.3) is 5.70 Å². The molecule has 1 unspecified atom stereocenters. The number of hydrogen-bond acceptors (Lipinski definition) is 1. The number of unbranched alkanes of at least 4 members (excludes halogenated alkanes) is 1. The molecule has 0 fully saturated rings. The van der Waals surface area contributed by atoms with Gasteiger partial charge in [0.15, 0.2) is 0 Å². The molecule has 0 aliphatic rings. The zero-order valence-corrected chi connectivity index (χ0v) is 12.3. The van der Waals surface area contributed by atoms with Crippen molar-refractivity contribution in [2.24, 2.45) is 5.92 Å². The number of rotatable bonds is 7. The molecule has 0 saturated heterocycles. The summed E-state index contributed by atoms with van der Waals surface area (Å²) in [5.41, 5.74) is 4.10. The lowest BCUT2D eigenvalue weighted by Gasteiger charge is -2.14. The highest BCUT2D eigenvalue weighted by atomic mass is 14.8. The Balaban J connectivity index is 3.01. The molecule has 0 spiro atoms. The number of hydrogen-bond donors (Lipinski definition) is 1. The molecular formula is C17H27N. The van der Waals surface area contributed by atoms with Gasteiger partial charge in [-0.2, -0.15) is 0 Å². The van der Waals surface area contributed by atoms with Gasteiger partial charge in [-0.1, -0.05) is 64.0 Å². The average molecular weight is 245 g/mol. The molecule has 0 amide bonds. The smallest absolute Gasteiger partial charge is 0.0376 e. The third-order valence-electron chi connectivity index (χ3n) is 3.47. The van der Waals surface area contributed by atoms with Gasteiger partial charge in [-0.25, -0.2) is 0 Å². The molecule has 1 atom stereocenters. The van der Waals surface area contributed by atoms with Crippen LogP contribution in [0.3, 0.4) is 0 Å². The van der Waals surface area contributed by atoms with Crippen LogP contribution >= 0.6 is 0 Å². The second-order valence-electron chi connectivity index (χ2n) is 4.98. The lowest BCUT2D eigenvalue weighted by atomic mass is 9.97. The van der Waals surface area contributed by atoms with Gasteiger partial charge in [-0.15, -0.1) is 0 Å². The molecule has 18 heavy (non-hydrogen) atoms. The fraction of sp³-hybridized carbons (Fsp3) is 0.529. The van der Waals surface area contributed by atoms with Crippen LogP contribution in [0.4, 0.5) is 0 Å². The highest BCUT2D eigenvalue weighted by Crippen LogP contribution is 2.21. The second kappa shape index (κ2) is 7.97. The molecule has 0 aliphatic heterocycles. The first-order valence-corrected chi connectivity index (χ1v) is 7.20. The molecule has 1 N–H and O–H groups in total. The first-order valence-electron chi connectivity index (χ1n) is 7.20. The molecule has 0 aliphatic carbocycles. The van der Waals surface area contributed by atoms with Gasteiger partial charge < -0.3 is 5.32 Å². The minimum absolute atomic E-state index is 0.617. The predicted octanol–water partition coefficient (Wildman–Crippen LogP) is 4.64. The summed E-state index contributed by atoms with van der Waals surface area (Å²) in [4.78, 5) is 0. The third kappa shape index (κ3) is 4.21. The first kappa shape index (κ1) is 14.8. The van der Waals surface area contributed by atoms with E-state index in [0.29, 0.717) is 5.92 Å². The van der Waals surface area contributed by atoms with Crippen molar-refractivity contribution in [3.63, 3.8) is 0 Å². The van der Waals surface area contributed by atoms with E-state index >= 15 is 0 Å². The molecule has 0 radical (unpaired) electrons. The van der Waals surface area contributed by atoms with Crippen LogP contribution in [0.1, 0.15) is 51.2 Å².